The van der Waals surface area contributed by atoms with E-state index in [0.717, 1.165) is 12.8 Å². The quantitative estimate of drug-likeness (QED) is 0.276. The number of hydrogen-bond acceptors (Lipinski definition) is 2. The monoisotopic (exact) mass is 184 g/mol. The average Bonchev–Trinajstić information content (AvgIpc) is 2.67. The second kappa shape index (κ2) is 4.94. The van der Waals surface area contributed by atoms with Gasteiger partial charge in [-0.15, -0.1) is 0 Å². The number of hydrogen-bond donors (Lipinski definition) is 0. The fourth-order valence-corrected chi connectivity index (χ4v) is 0.689. The molecule has 2 nitrogen and oxygen atoms in total. The Morgan fingerprint density at radius 2 is 2.00 bits per heavy atom. The summed E-state index contributed by atoms with van der Waals surface area (Å²) in [5, 5.41) is 10.3. The summed E-state index contributed by atoms with van der Waals surface area (Å²) in [7, 11) is 0. The van der Waals surface area contributed by atoms with Gasteiger partial charge >= 0.3 is 29.6 Å². The van der Waals surface area contributed by atoms with E-state index in [1.54, 1.807) is 0 Å². The van der Waals surface area contributed by atoms with Crippen LogP contribution in [0.3, 0.4) is 0 Å². The van der Waals surface area contributed by atoms with Crippen molar-refractivity contribution in [2.24, 2.45) is 5.92 Å². The first-order valence-corrected chi connectivity index (χ1v) is 3.32. The number of rotatable bonds is 3. The molecular weight excluding hydrogens is 177 g/mol. The minimum Gasteiger partial charge on any atom is -0.872 e. The number of carbonyl (C=O) groups excluding carboxylic acids is 1. The molecule has 0 aliphatic heterocycles. The molecule has 0 saturated heterocycles. The molecule has 62 valence electrons. The van der Waals surface area contributed by atoms with Gasteiger partial charge in [-0.05, 0) is 18.9 Å². The third-order valence-corrected chi connectivity index (χ3v) is 1.48. The molecule has 0 amide bonds. The van der Waals surface area contributed by atoms with Crippen molar-refractivity contribution in [3.05, 3.63) is 11.8 Å². The molecule has 0 heterocycles. The van der Waals surface area contributed by atoms with Gasteiger partial charge in [0.25, 0.3) is 0 Å². The first-order valence-electron chi connectivity index (χ1n) is 3.32. The van der Waals surface area contributed by atoms with Crippen LogP contribution >= 0.6 is 0 Å². The standard InChI is InChI=1S/C7H8F2O2.Na/c8-7(9)6(11)3-5(10)4-1-2-4;/h3-4,7,11H,1-2H2;/q;+1/p-1/b6-3+;. The Kier molecular flexibility index (Phi) is 4.97. The maximum absolute atomic E-state index is 11.5. The number of alkyl halides is 2. The van der Waals surface area contributed by atoms with Crippen molar-refractivity contribution in [2.45, 2.75) is 19.3 Å². The summed E-state index contributed by atoms with van der Waals surface area (Å²) >= 11 is 0. The molecule has 1 rings (SSSR count). The van der Waals surface area contributed by atoms with E-state index in [1.807, 2.05) is 0 Å². The Labute approximate surface area is 90.9 Å². The van der Waals surface area contributed by atoms with Crippen molar-refractivity contribution in [1.82, 2.24) is 0 Å². The molecule has 0 N–H and O–H groups in total. The van der Waals surface area contributed by atoms with Crippen LogP contribution in [-0.4, -0.2) is 12.2 Å². The van der Waals surface area contributed by atoms with Crippen LogP contribution in [0, 0.1) is 5.92 Å². The Morgan fingerprint density at radius 1 is 1.50 bits per heavy atom. The first-order chi connectivity index (χ1) is 5.11. The molecule has 0 atom stereocenters. The van der Waals surface area contributed by atoms with Crippen molar-refractivity contribution in [3.63, 3.8) is 0 Å². The smallest absolute Gasteiger partial charge is 0.872 e. The Morgan fingerprint density at radius 3 is 2.33 bits per heavy atom. The van der Waals surface area contributed by atoms with Gasteiger partial charge in [0.05, 0.1) is 0 Å². The molecule has 0 spiro atoms. The van der Waals surface area contributed by atoms with E-state index in [9.17, 15) is 18.7 Å². The van der Waals surface area contributed by atoms with Crippen LogP contribution in [0.2, 0.25) is 0 Å². The molecule has 1 aliphatic carbocycles. The van der Waals surface area contributed by atoms with Crippen molar-refractivity contribution in [1.29, 1.82) is 0 Å². The van der Waals surface area contributed by atoms with Crippen molar-refractivity contribution in [2.75, 3.05) is 0 Å². The molecule has 1 fully saturated rings. The fourth-order valence-electron chi connectivity index (χ4n) is 0.689. The summed E-state index contributed by atoms with van der Waals surface area (Å²) in [6.45, 7) is 0. The first kappa shape index (κ1) is 12.1. The molecule has 1 aliphatic rings. The van der Waals surface area contributed by atoms with Gasteiger partial charge < -0.3 is 5.11 Å². The van der Waals surface area contributed by atoms with Crippen LogP contribution in [0.5, 0.6) is 0 Å². The molecule has 0 bridgehead atoms. The molecule has 0 aromatic carbocycles. The van der Waals surface area contributed by atoms with E-state index in [-0.39, 0.29) is 35.5 Å². The molecule has 0 radical (unpaired) electrons. The molecule has 0 aromatic rings. The molecule has 5 heteroatoms. The minimum atomic E-state index is -3.04. The van der Waals surface area contributed by atoms with Gasteiger partial charge in [0.2, 0.25) is 6.43 Å². The maximum Gasteiger partial charge on any atom is 1.00 e. The minimum absolute atomic E-state index is 0. The summed E-state index contributed by atoms with van der Waals surface area (Å²) in [5.74, 6) is -1.98. The number of carbonyl (C=O) groups is 1. The Hall–Kier alpha value is 0.0700. The zero-order valence-electron chi connectivity index (χ0n) is 6.72. The van der Waals surface area contributed by atoms with Gasteiger partial charge in [0.15, 0.2) is 5.78 Å². The van der Waals surface area contributed by atoms with E-state index >= 15 is 0 Å². The molecule has 1 saturated carbocycles. The van der Waals surface area contributed by atoms with Crippen LogP contribution in [0.1, 0.15) is 12.8 Å². The van der Waals surface area contributed by atoms with E-state index in [0.29, 0.717) is 6.08 Å². The van der Waals surface area contributed by atoms with Crippen molar-refractivity contribution < 1.29 is 48.2 Å². The maximum atomic E-state index is 11.5. The number of halogens is 2. The molecule has 12 heavy (non-hydrogen) atoms. The summed E-state index contributed by atoms with van der Waals surface area (Å²) in [5.41, 5.74) is 0. The van der Waals surface area contributed by atoms with E-state index < -0.39 is 18.0 Å². The summed E-state index contributed by atoms with van der Waals surface area (Å²) < 4.78 is 23.1. The van der Waals surface area contributed by atoms with E-state index in [2.05, 4.69) is 0 Å². The SMILES string of the molecule is O=C(/C=C(/[O-])C(F)F)C1CC1.[Na+]. The fraction of sp³-hybridized carbons (Fsp3) is 0.571. The molecule has 0 aromatic heterocycles. The van der Waals surface area contributed by atoms with Crippen LogP contribution in [0.4, 0.5) is 8.78 Å². The second-order valence-electron chi connectivity index (χ2n) is 2.52. The molecular formula is C7H7F2NaO2. The van der Waals surface area contributed by atoms with Gasteiger partial charge in [-0.3, -0.25) is 4.79 Å². The number of ketones is 1. The van der Waals surface area contributed by atoms with Crippen LogP contribution < -0.4 is 34.7 Å². The largest absolute Gasteiger partial charge is 1.00 e. The van der Waals surface area contributed by atoms with Gasteiger partial charge in [0, 0.05) is 5.92 Å². The van der Waals surface area contributed by atoms with Gasteiger partial charge in [0.1, 0.15) is 0 Å². The zero-order chi connectivity index (χ0) is 8.43. The number of allylic oxidation sites excluding steroid dienone is 2. The zero-order valence-corrected chi connectivity index (χ0v) is 8.72. The predicted octanol–water partition coefficient (Wildman–Crippen LogP) is -2.52. The summed E-state index contributed by atoms with van der Waals surface area (Å²) in [6.07, 6.45) is -1.07. The van der Waals surface area contributed by atoms with Crippen molar-refractivity contribution in [3.8, 4) is 0 Å². The van der Waals surface area contributed by atoms with Gasteiger partial charge in [-0.1, -0.05) is 5.76 Å². The van der Waals surface area contributed by atoms with Gasteiger partial charge in [-0.2, -0.15) is 0 Å². The van der Waals surface area contributed by atoms with Crippen LogP contribution in [0.15, 0.2) is 11.8 Å². The Bertz CT molecular complexity index is 200. The van der Waals surface area contributed by atoms with E-state index in [1.165, 1.54) is 0 Å². The summed E-state index contributed by atoms with van der Waals surface area (Å²) in [4.78, 5) is 10.7. The topological polar surface area (TPSA) is 40.1 Å². The van der Waals surface area contributed by atoms with Crippen LogP contribution in [-0.2, 0) is 4.79 Å². The van der Waals surface area contributed by atoms with E-state index in [4.69, 9.17) is 0 Å². The summed E-state index contributed by atoms with van der Waals surface area (Å²) in [6, 6.07) is 0. The van der Waals surface area contributed by atoms with Crippen molar-refractivity contribution >= 4 is 5.78 Å². The average molecular weight is 184 g/mol. The molecule has 0 unspecified atom stereocenters. The third-order valence-electron chi connectivity index (χ3n) is 1.48. The van der Waals surface area contributed by atoms with Crippen LogP contribution in [0.25, 0.3) is 0 Å². The Balaban J connectivity index is 0.00000121. The second-order valence-corrected chi connectivity index (χ2v) is 2.52. The van der Waals surface area contributed by atoms with Gasteiger partial charge in [-0.25, -0.2) is 8.78 Å². The normalized spacial score (nSPS) is 17.4. The third kappa shape index (κ3) is 3.65. The predicted molar refractivity (Wildman–Crippen MR) is 31.8 cm³/mol.